The highest BCUT2D eigenvalue weighted by Crippen LogP contribution is 2.29. The molecule has 0 radical (unpaired) electrons. The van der Waals surface area contributed by atoms with Crippen LogP contribution in [0.25, 0.3) is 10.9 Å². The summed E-state index contributed by atoms with van der Waals surface area (Å²) in [7, 11) is 0. The van der Waals surface area contributed by atoms with Crippen LogP contribution < -0.4 is 4.74 Å². The van der Waals surface area contributed by atoms with Gasteiger partial charge in [0.05, 0.1) is 6.61 Å². The van der Waals surface area contributed by atoms with Crippen molar-refractivity contribution in [3.05, 3.63) is 30.0 Å². The number of hydrogen-bond acceptors (Lipinski definition) is 3. The van der Waals surface area contributed by atoms with Crippen LogP contribution in [0.5, 0.6) is 5.75 Å². The standard InChI is InChI=1S/C14H17NO3/c1-3-17-8-7-11-9-15-12-5-4-6-13(14(11)12)18-10(2)16/h4-6,9,15H,3,7-8H2,1-2H3. The molecule has 0 fully saturated rings. The third-order valence-electron chi connectivity index (χ3n) is 2.72. The van der Waals surface area contributed by atoms with Crippen LogP contribution in [-0.2, 0) is 16.0 Å². The number of nitrogens with one attached hydrogen (secondary N) is 1. The highest BCUT2D eigenvalue weighted by atomic mass is 16.5. The summed E-state index contributed by atoms with van der Waals surface area (Å²) in [6.07, 6.45) is 2.74. The first-order chi connectivity index (χ1) is 8.72. The third-order valence-corrected chi connectivity index (χ3v) is 2.72. The number of benzene rings is 1. The molecule has 0 saturated carbocycles. The first-order valence-electron chi connectivity index (χ1n) is 6.07. The number of ether oxygens (including phenoxy) is 2. The molecule has 1 aromatic heterocycles. The smallest absolute Gasteiger partial charge is 0.308 e. The van der Waals surface area contributed by atoms with Gasteiger partial charge in [-0.2, -0.15) is 0 Å². The van der Waals surface area contributed by atoms with Crippen LogP contribution in [0.15, 0.2) is 24.4 Å². The van der Waals surface area contributed by atoms with E-state index >= 15 is 0 Å². The van der Waals surface area contributed by atoms with Crippen LogP contribution in [-0.4, -0.2) is 24.2 Å². The Balaban J connectivity index is 2.32. The van der Waals surface area contributed by atoms with E-state index in [1.165, 1.54) is 6.92 Å². The lowest BCUT2D eigenvalue weighted by Gasteiger charge is -2.05. The molecule has 1 heterocycles. The van der Waals surface area contributed by atoms with Gasteiger partial charge < -0.3 is 14.5 Å². The second-order valence-corrected chi connectivity index (χ2v) is 4.03. The SMILES string of the molecule is CCOCCc1c[nH]c2cccc(OC(C)=O)c12. The van der Waals surface area contributed by atoms with Crippen molar-refractivity contribution in [2.24, 2.45) is 0 Å². The number of aromatic amines is 1. The molecule has 0 amide bonds. The van der Waals surface area contributed by atoms with Crippen molar-refractivity contribution >= 4 is 16.9 Å². The van der Waals surface area contributed by atoms with Gasteiger partial charge in [-0.25, -0.2) is 0 Å². The molecule has 2 rings (SSSR count). The molecule has 0 atom stereocenters. The summed E-state index contributed by atoms with van der Waals surface area (Å²) in [4.78, 5) is 14.3. The molecule has 2 aromatic rings. The largest absolute Gasteiger partial charge is 0.426 e. The zero-order chi connectivity index (χ0) is 13.0. The Morgan fingerprint density at radius 1 is 1.39 bits per heavy atom. The van der Waals surface area contributed by atoms with E-state index in [-0.39, 0.29) is 5.97 Å². The van der Waals surface area contributed by atoms with Crippen molar-refractivity contribution in [1.82, 2.24) is 4.98 Å². The number of esters is 1. The fourth-order valence-corrected chi connectivity index (χ4v) is 1.98. The van der Waals surface area contributed by atoms with Crippen molar-refractivity contribution in [3.63, 3.8) is 0 Å². The van der Waals surface area contributed by atoms with Crippen LogP contribution in [0.1, 0.15) is 19.4 Å². The first-order valence-corrected chi connectivity index (χ1v) is 6.07. The Bertz CT molecular complexity index is 545. The van der Waals surface area contributed by atoms with Gasteiger partial charge in [0.25, 0.3) is 0 Å². The number of carbonyl (C=O) groups excluding carboxylic acids is 1. The molecule has 0 aliphatic heterocycles. The topological polar surface area (TPSA) is 51.3 Å². The van der Waals surface area contributed by atoms with Crippen molar-refractivity contribution in [2.45, 2.75) is 20.3 Å². The van der Waals surface area contributed by atoms with E-state index in [4.69, 9.17) is 9.47 Å². The molecule has 0 saturated heterocycles. The van der Waals surface area contributed by atoms with Crippen LogP contribution in [0, 0.1) is 0 Å². The summed E-state index contributed by atoms with van der Waals surface area (Å²) in [5.74, 6) is 0.298. The maximum atomic E-state index is 11.1. The van der Waals surface area contributed by atoms with E-state index in [1.54, 1.807) is 0 Å². The lowest BCUT2D eigenvalue weighted by Crippen LogP contribution is -2.02. The summed E-state index contributed by atoms with van der Waals surface area (Å²) in [5, 5.41) is 0.965. The predicted molar refractivity (Wildman–Crippen MR) is 69.8 cm³/mol. The number of rotatable bonds is 5. The zero-order valence-electron chi connectivity index (χ0n) is 10.7. The number of H-pyrrole nitrogens is 1. The number of aromatic nitrogens is 1. The molecule has 0 aliphatic carbocycles. The van der Waals surface area contributed by atoms with Gasteiger partial charge in [0, 0.05) is 30.6 Å². The van der Waals surface area contributed by atoms with Gasteiger partial charge >= 0.3 is 5.97 Å². The number of hydrogen-bond donors (Lipinski definition) is 1. The minimum atomic E-state index is -0.306. The van der Waals surface area contributed by atoms with Gasteiger partial charge in [-0.15, -0.1) is 0 Å². The number of carbonyl (C=O) groups is 1. The van der Waals surface area contributed by atoms with Crippen molar-refractivity contribution < 1.29 is 14.3 Å². The van der Waals surface area contributed by atoms with E-state index in [2.05, 4.69) is 4.98 Å². The summed E-state index contributed by atoms with van der Waals surface area (Å²) in [6, 6.07) is 5.64. The van der Waals surface area contributed by atoms with Gasteiger partial charge in [0.1, 0.15) is 5.75 Å². The Labute approximate surface area is 106 Å². The molecular formula is C14H17NO3. The molecule has 4 heteroatoms. The molecular weight excluding hydrogens is 230 g/mol. The lowest BCUT2D eigenvalue weighted by atomic mass is 10.1. The first kappa shape index (κ1) is 12.6. The van der Waals surface area contributed by atoms with Crippen LogP contribution in [0.3, 0.4) is 0 Å². The van der Waals surface area contributed by atoms with Gasteiger partial charge in [0.15, 0.2) is 0 Å². The summed E-state index contributed by atoms with van der Waals surface area (Å²) in [6.45, 7) is 4.75. The number of fused-ring (bicyclic) bond motifs is 1. The minimum absolute atomic E-state index is 0.306. The summed E-state index contributed by atoms with van der Waals surface area (Å²) < 4.78 is 10.6. The van der Waals surface area contributed by atoms with Gasteiger partial charge in [-0.1, -0.05) is 6.07 Å². The normalized spacial score (nSPS) is 10.8. The minimum Gasteiger partial charge on any atom is -0.426 e. The van der Waals surface area contributed by atoms with E-state index < -0.39 is 0 Å². The van der Waals surface area contributed by atoms with E-state index in [0.717, 1.165) is 22.9 Å². The highest BCUT2D eigenvalue weighted by molar-refractivity contribution is 5.91. The Kier molecular flexibility index (Phi) is 3.99. The molecule has 96 valence electrons. The summed E-state index contributed by atoms with van der Waals surface area (Å²) in [5.41, 5.74) is 2.08. The molecule has 1 N–H and O–H groups in total. The van der Waals surface area contributed by atoms with Crippen LogP contribution in [0.4, 0.5) is 0 Å². The average molecular weight is 247 g/mol. The molecule has 0 bridgehead atoms. The van der Waals surface area contributed by atoms with Crippen LogP contribution >= 0.6 is 0 Å². The maximum Gasteiger partial charge on any atom is 0.308 e. The Morgan fingerprint density at radius 2 is 2.22 bits per heavy atom. The summed E-state index contributed by atoms with van der Waals surface area (Å²) >= 11 is 0. The van der Waals surface area contributed by atoms with Crippen molar-refractivity contribution in [2.75, 3.05) is 13.2 Å². The average Bonchev–Trinajstić information content (AvgIpc) is 2.73. The predicted octanol–water partition coefficient (Wildman–Crippen LogP) is 2.67. The third kappa shape index (κ3) is 2.71. The zero-order valence-corrected chi connectivity index (χ0v) is 10.7. The second kappa shape index (κ2) is 5.69. The molecule has 0 unspecified atom stereocenters. The quantitative estimate of drug-likeness (QED) is 0.502. The van der Waals surface area contributed by atoms with Crippen molar-refractivity contribution in [3.8, 4) is 5.75 Å². The van der Waals surface area contributed by atoms with Gasteiger partial charge in [-0.05, 0) is 31.0 Å². The van der Waals surface area contributed by atoms with E-state index in [9.17, 15) is 4.79 Å². The molecule has 18 heavy (non-hydrogen) atoms. The fraction of sp³-hybridized carbons (Fsp3) is 0.357. The second-order valence-electron chi connectivity index (χ2n) is 4.03. The van der Waals surface area contributed by atoms with Crippen LogP contribution in [0.2, 0.25) is 0 Å². The molecule has 0 spiro atoms. The highest BCUT2D eigenvalue weighted by Gasteiger charge is 2.10. The van der Waals surface area contributed by atoms with E-state index in [0.29, 0.717) is 19.0 Å². The lowest BCUT2D eigenvalue weighted by molar-refractivity contribution is -0.131. The fourth-order valence-electron chi connectivity index (χ4n) is 1.98. The van der Waals surface area contributed by atoms with E-state index in [1.807, 2.05) is 31.3 Å². The Hall–Kier alpha value is -1.81. The molecule has 4 nitrogen and oxygen atoms in total. The Morgan fingerprint density at radius 3 is 2.94 bits per heavy atom. The van der Waals surface area contributed by atoms with Gasteiger partial charge in [-0.3, -0.25) is 4.79 Å². The molecule has 0 aliphatic rings. The molecule has 1 aromatic carbocycles. The maximum absolute atomic E-state index is 11.1. The van der Waals surface area contributed by atoms with Gasteiger partial charge in [0.2, 0.25) is 0 Å². The monoisotopic (exact) mass is 247 g/mol. The van der Waals surface area contributed by atoms with Crippen molar-refractivity contribution in [1.29, 1.82) is 0 Å².